The van der Waals surface area contributed by atoms with Gasteiger partial charge in [0.15, 0.2) is 0 Å². The summed E-state index contributed by atoms with van der Waals surface area (Å²) in [6.45, 7) is 6.59. The molecule has 0 N–H and O–H groups in total. The molecule has 29 heavy (non-hydrogen) atoms. The summed E-state index contributed by atoms with van der Waals surface area (Å²) in [5, 5.41) is 0. The van der Waals surface area contributed by atoms with Crippen LogP contribution in [0.4, 0.5) is 18.9 Å². The van der Waals surface area contributed by atoms with Crippen LogP contribution in [-0.2, 0) is 9.73 Å². The first kappa shape index (κ1) is 22.7. The molecule has 2 rings (SSSR count). The lowest BCUT2D eigenvalue weighted by molar-refractivity contribution is -0.117. The highest BCUT2D eigenvalue weighted by molar-refractivity contribution is 7.93. The average molecular weight is 427 g/mol. The molecule has 0 aliphatic rings. The molecule has 2 aromatic rings. The largest absolute Gasteiger partial charge is 0.511 e. The van der Waals surface area contributed by atoms with Crippen LogP contribution in [0.5, 0.6) is 11.5 Å². The maximum atomic E-state index is 12.6. The molecule has 0 saturated carbocycles. The Hall–Kier alpha value is -2.55. The molecule has 5 nitrogen and oxygen atoms in total. The topological polar surface area (TPSA) is 54.3 Å². The Bertz CT molecular complexity index is 1030. The maximum Gasteiger partial charge on any atom is 0.511 e. The Kier molecular flexibility index (Phi) is 6.94. The number of ether oxygens (including phenoxy) is 1. The summed E-state index contributed by atoms with van der Waals surface area (Å²) in [5.41, 5.74) is 2.49. The molecular formula is C20H24F3N3O2S. The van der Waals surface area contributed by atoms with Gasteiger partial charge < -0.3 is 9.64 Å². The molecule has 0 radical (unpaired) electrons. The summed E-state index contributed by atoms with van der Waals surface area (Å²) in [7, 11) is -1.71. The number of alkyl halides is 3. The van der Waals surface area contributed by atoms with Crippen LogP contribution in [0.2, 0.25) is 0 Å². The van der Waals surface area contributed by atoms with Crippen molar-refractivity contribution >= 4 is 21.8 Å². The highest BCUT2D eigenvalue weighted by atomic mass is 32.2. The van der Waals surface area contributed by atoms with Crippen molar-refractivity contribution in [2.45, 2.75) is 32.0 Å². The number of nitrogens with zero attached hydrogens (tertiary/aromatic N) is 3. The van der Waals surface area contributed by atoms with E-state index in [1.807, 2.05) is 44.9 Å². The van der Waals surface area contributed by atoms with Gasteiger partial charge in [-0.3, -0.25) is 0 Å². The van der Waals surface area contributed by atoms with Crippen molar-refractivity contribution in [2.75, 3.05) is 19.8 Å². The highest BCUT2D eigenvalue weighted by Crippen LogP contribution is 2.32. The van der Waals surface area contributed by atoms with Gasteiger partial charge in [0.25, 0.3) is 0 Å². The zero-order valence-corrected chi connectivity index (χ0v) is 17.8. The van der Waals surface area contributed by atoms with Gasteiger partial charge in [-0.15, -0.1) is 17.5 Å². The van der Waals surface area contributed by atoms with Crippen molar-refractivity contribution in [1.82, 2.24) is 4.90 Å². The molecule has 0 bridgehead atoms. The summed E-state index contributed by atoms with van der Waals surface area (Å²) >= 11 is 0. The van der Waals surface area contributed by atoms with Gasteiger partial charge in [-0.2, -0.15) is 0 Å². The number of hydrogen-bond donors (Lipinski definition) is 0. The van der Waals surface area contributed by atoms with Crippen molar-refractivity contribution in [1.29, 1.82) is 0 Å². The van der Waals surface area contributed by atoms with Gasteiger partial charge in [0.1, 0.15) is 11.5 Å². The van der Waals surface area contributed by atoms with E-state index in [9.17, 15) is 17.4 Å². The molecule has 9 heteroatoms. The van der Waals surface area contributed by atoms with Gasteiger partial charge in [0.2, 0.25) is 0 Å². The number of hydrogen-bond acceptors (Lipinski definition) is 4. The molecule has 0 amide bonds. The number of aryl methyl sites for hydroxylation is 2. The predicted molar refractivity (Wildman–Crippen MR) is 110 cm³/mol. The normalized spacial score (nSPS) is 13.9. The average Bonchev–Trinajstić information content (AvgIpc) is 2.61. The second-order valence-electron chi connectivity index (χ2n) is 6.66. The van der Waals surface area contributed by atoms with E-state index in [2.05, 4.69) is 9.36 Å². The van der Waals surface area contributed by atoms with Crippen LogP contribution in [0.3, 0.4) is 0 Å². The third kappa shape index (κ3) is 6.49. The van der Waals surface area contributed by atoms with Crippen LogP contribution >= 0.6 is 0 Å². The molecule has 0 aliphatic heterocycles. The minimum Gasteiger partial charge on any atom is -0.457 e. The summed E-state index contributed by atoms with van der Waals surface area (Å²) in [6, 6.07) is 9.41. The van der Waals surface area contributed by atoms with Crippen LogP contribution in [0.15, 0.2) is 50.6 Å². The minimum atomic E-state index is -4.88. The fourth-order valence-electron chi connectivity index (χ4n) is 2.42. The van der Waals surface area contributed by atoms with E-state index in [4.69, 9.17) is 4.74 Å². The molecule has 0 aliphatic carbocycles. The Morgan fingerprint density at radius 2 is 1.86 bits per heavy atom. The van der Waals surface area contributed by atoms with Crippen molar-refractivity contribution < 1.29 is 22.1 Å². The van der Waals surface area contributed by atoms with Crippen LogP contribution in [0, 0.1) is 13.8 Å². The third-order valence-electron chi connectivity index (χ3n) is 4.13. The highest BCUT2D eigenvalue weighted by Gasteiger charge is 2.29. The maximum absolute atomic E-state index is 12.6. The zero-order valence-electron chi connectivity index (χ0n) is 16.9. The quantitative estimate of drug-likeness (QED) is 0.338. The Balaban J connectivity index is 2.34. The Labute approximate surface area is 169 Å². The number of rotatable bonds is 6. The third-order valence-corrected chi connectivity index (χ3v) is 5.82. The predicted octanol–water partition coefficient (Wildman–Crippen LogP) is 5.68. The monoisotopic (exact) mass is 427 g/mol. The Morgan fingerprint density at radius 1 is 1.17 bits per heavy atom. The van der Waals surface area contributed by atoms with Crippen LogP contribution in [0.1, 0.15) is 18.1 Å². The van der Waals surface area contributed by atoms with Gasteiger partial charge in [-0.25, -0.2) is 9.20 Å². The fourth-order valence-corrected chi connectivity index (χ4v) is 3.58. The lowest BCUT2D eigenvalue weighted by atomic mass is 10.1. The van der Waals surface area contributed by atoms with E-state index in [0.717, 1.165) is 29.6 Å². The van der Waals surface area contributed by atoms with Gasteiger partial charge in [0.05, 0.1) is 26.7 Å². The van der Waals surface area contributed by atoms with Crippen molar-refractivity contribution in [3.8, 4) is 11.5 Å². The summed E-state index contributed by atoms with van der Waals surface area (Å²) < 4.78 is 58.4. The van der Waals surface area contributed by atoms with Gasteiger partial charge in [0, 0.05) is 19.8 Å². The van der Waals surface area contributed by atoms with Crippen LogP contribution in [0.25, 0.3) is 0 Å². The van der Waals surface area contributed by atoms with Gasteiger partial charge >= 0.3 is 6.30 Å². The molecule has 0 aromatic heterocycles. The first-order valence-electron chi connectivity index (χ1n) is 8.85. The summed E-state index contributed by atoms with van der Waals surface area (Å²) in [5.74, 6) is 0.816. The lowest BCUT2D eigenvalue weighted by Crippen LogP contribution is -2.14. The summed E-state index contributed by atoms with van der Waals surface area (Å²) in [4.78, 5) is 6.35. The first-order valence-corrected chi connectivity index (χ1v) is 10.8. The second kappa shape index (κ2) is 8.86. The molecule has 0 spiro atoms. The Morgan fingerprint density at radius 3 is 2.48 bits per heavy atom. The molecule has 158 valence electrons. The van der Waals surface area contributed by atoms with E-state index in [1.165, 1.54) is 18.2 Å². The molecular weight excluding hydrogens is 403 g/mol. The second-order valence-corrected chi connectivity index (χ2v) is 8.92. The minimum absolute atomic E-state index is 0.0504. The van der Waals surface area contributed by atoms with E-state index in [-0.39, 0.29) is 10.6 Å². The molecule has 0 fully saturated rings. The van der Waals surface area contributed by atoms with E-state index in [0.29, 0.717) is 5.75 Å². The molecule has 1 unspecified atom stereocenters. The van der Waals surface area contributed by atoms with Gasteiger partial charge in [-0.05, 0) is 62.2 Å². The van der Waals surface area contributed by atoms with Gasteiger partial charge in [-0.1, -0.05) is 6.07 Å². The van der Waals surface area contributed by atoms with Crippen molar-refractivity contribution in [3.05, 3.63) is 47.5 Å². The smallest absolute Gasteiger partial charge is 0.457 e. The molecule has 0 saturated heterocycles. The molecule has 2 aromatic carbocycles. The number of benzene rings is 2. The zero-order chi connectivity index (χ0) is 21.8. The lowest BCUT2D eigenvalue weighted by Gasteiger charge is -2.14. The number of halogens is 3. The van der Waals surface area contributed by atoms with E-state index in [1.54, 1.807) is 12.4 Å². The van der Waals surface area contributed by atoms with E-state index >= 15 is 0 Å². The van der Waals surface area contributed by atoms with Crippen molar-refractivity contribution in [2.24, 2.45) is 9.36 Å². The van der Waals surface area contributed by atoms with Crippen LogP contribution in [-0.4, -0.2) is 41.6 Å². The van der Waals surface area contributed by atoms with E-state index < -0.39 is 16.0 Å². The first-order chi connectivity index (χ1) is 13.4. The SMILES string of the molecule is CCN(C)/C=N\c1cc(C)c(Oc2cccc(S(C)(=O)=NC(F)(F)F)c2)cc1C. The van der Waals surface area contributed by atoms with Crippen molar-refractivity contribution in [3.63, 3.8) is 0 Å². The molecule has 0 heterocycles. The number of aliphatic imine (C=N–C) groups is 1. The summed E-state index contributed by atoms with van der Waals surface area (Å²) in [6.07, 6.45) is -2.18. The standard InChI is InChI=1S/C20H24F3N3O2S/c1-6-26(4)13-24-18-10-15(3)19(11-14(18)2)28-16-8-7-9-17(12-16)29(5,27)25-20(21,22)23/h7-13H,6H2,1-5H3/b24-13-. The fraction of sp³-hybridized carbons (Fsp3) is 0.350. The van der Waals surface area contributed by atoms with Crippen LogP contribution < -0.4 is 4.74 Å². The molecule has 1 atom stereocenters.